The summed E-state index contributed by atoms with van der Waals surface area (Å²) in [5.74, 6) is 2.67. The summed E-state index contributed by atoms with van der Waals surface area (Å²) in [6.45, 7) is 7.03. The fourth-order valence-corrected chi connectivity index (χ4v) is 6.42. The molecule has 2 aliphatic heterocycles. The summed E-state index contributed by atoms with van der Waals surface area (Å²) in [5, 5.41) is 14.1. The van der Waals surface area contributed by atoms with Gasteiger partial charge in [-0.3, -0.25) is 14.6 Å². The molecule has 42 heavy (non-hydrogen) atoms. The molecule has 3 aliphatic rings. The summed E-state index contributed by atoms with van der Waals surface area (Å²) in [5.41, 5.74) is 1.88. The van der Waals surface area contributed by atoms with Crippen LogP contribution in [-0.2, 0) is 4.79 Å². The molecule has 5 rings (SSSR count). The highest BCUT2D eigenvalue weighted by atomic mass is 16.5. The lowest BCUT2D eigenvalue weighted by Crippen LogP contribution is -2.59. The van der Waals surface area contributed by atoms with Crippen LogP contribution < -0.4 is 30.6 Å². The number of anilines is 4. The molecular weight excluding hydrogens is 532 g/mol. The fraction of sp³-hybridized carbons (Fsp3) is 0.613. The maximum atomic E-state index is 13.3. The van der Waals surface area contributed by atoms with Crippen molar-refractivity contribution in [2.24, 2.45) is 11.8 Å². The number of carbonyl (C=O) groups excluding carboxylic acids is 2. The highest BCUT2D eigenvalue weighted by Gasteiger charge is 2.40. The first-order chi connectivity index (χ1) is 20.3. The van der Waals surface area contributed by atoms with Gasteiger partial charge < -0.3 is 25.6 Å². The first-order valence-corrected chi connectivity index (χ1v) is 15.5. The normalized spacial score (nSPS) is 20.2. The van der Waals surface area contributed by atoms with Gasteiger partial charge in [-0.1, -0.05) is 20.3 Å². The molecule has 1 saturated heterocycles. The van der Waals surface area contributed by atoms with Crippen molar-refractivity contribution < 1.29 is 14.3 Å². The highest BCUT2D eigenvalue weighted by Crippen LogP contribution is 2.38. The summed E-state index contributed by atoms with van der Waals surface area (Å²) in [6, 6.07) is 5.19. The van der Waals surface area contributed by atoms with Gasteiger partial charge >= 0.3 is 0 Å². The van der Waals surface area contributed by atoms with Gasteiger partial charge in [-0.25, -0.2) is 9.99 Å². The number of amides is 2. The van der Waals surface area contributed by atoms with Crippen LogP contribution in [0.25, 0.3) is 0 Å². The lowest BCUT2D eigenvalue weighted by Gasteiger charge is -2.46. The zero-order valence-corrected chi connectivity index (χ0v) is 25.7. The SMILES string of the molecule is CCC(NC(=O)c1ccc(Nc2ncc3c(n2)N(N(C)CC2CCC2)C(CC)C(=O)N3C)c(OC)c1)C1CCNCC1. The second-order valence-corrected chi connectivity index (χ2v) is 11.8. The molecule has 0 radical (unpaired) electrons. The van der Waals surface area contributed by atoms with Crippen molar-refractivity contribution in [3.8, 4) is 5.75 Å². The van der Waals surface area contributed by atoms with Gasteiger partial charge in [0.05, 0.1) is 19.0 Å². The standard InChI is InChI=1S/C31H46N8O3/c1-6-23(21-13-15-32-16-14-21)34-29(40)22-11-12-24(27(17-22)42-5)35-31-33-18-26-28(36-31)39(25(7-2)30(41)38(26)4)37(3)19-20-9-8-10-20/h11-12,17-18,20-21,23,25,32H,6-10,13-16,19H2,1-5H3,(H,34,40)(H,33,35,36). The van der Waals surface area contributed by atoms with E-state index < -0.39 is 0 Å². The number of likely N-dealkylation sites (N-methyl/N-ethyl adjacent to an activating group) is 1. The van der Waals surface area contributed by atoms with Gasteiger partial charge in [0.1, 0.15) is 17.5 Å². The van der Waals surface area contributed by atoms with E-state index in [1.54, 1.807) is 37.4 Å². The average molecular weight is 579 g/mol. The maximum Gasteiger partial charge on any atom is 0.251 e. The van der Waals surface area contributed by atoms with Gasteiger partial charge in [-0.15, -0.1) is 0 Å². The van der Waals surface area contributed by atoms with Crippen molar-refractivity contribution in [3.63, 3.8) is 0 Å². The number of benzene rings is 1. The Morgan fingerprint density at radius 3 is 2.62 bits per heavy atom. The summed E-state index contributed by atoms with van der Waals surface area (Å²) in [7, 11) is 5.41. The van der Waals surface area contributed by atoms with Crippen LogP contribution in [0.2, 0.25) is 0 Å². The number of methoxy groups -OCH3 is 1. The minimum atomic E-state index is -0.334. The first-order valence-electron chi connectivity index (χ1n) is 15.5. The smallest absolute Gasteiger partial charge is 0.251 e. The Morgan fingerprint density at radius 1 is 1.21 bits per heavy atom. The molecule has 2 unspecified atom stereocenters. The molecule has 2 fully saturated rings. The molecule has 1 aromatic heterocycles. The van der Waals surface area contributed by atoms with Crippen molar-refractivity contribution >= 4 is 35.0 Å². The van der Waals surface area contributed by atoms with Gasteiger partial charge in [0, 0.05) is 32.2 Å². The van der Waals surface area contributed by atoms with Gasteiger partial charge in [0.15, 0.2) is 5.82 Å². The zero-order valence-electron chi connectivity index (χ0n) is 25.7. The molecule has 1 saturated carbocycles. The van der Waals surface area contributed by atoms with Crippen LogP contribution in [0, 0.1) is 11.8 Å². The Hall–Kier alpha value is -3.44. The van der Waals surface area contributed by atoms with Crippen LogP contribution in [-0.4, -0.2) is 79.7 Å². The molecule has 1 aliphatic carbocycles. The minimum Gasteiger partial charge on any atom is -0.495 e. The van der Waals surface area contributed by atoms with Crippen LogP contribution in [0.5, 0.6) is 5.75 Å². The maximum absolute atomic E-state index is 13.3. The molecule has 1 aromatic carbocycles. The van der Waals surface area contributed by atoms with Crippen molar-refractivity contribution in [1.29, 1.82) is 0 Å². The third-order valence-electron chi connectivity index (χ3n) is 9.16. The fourth-order valence-electron chi connectivity index (χ4n) is 6.42. The Kier molecular flexibility index (Phi) is 9.47. The van der Waals surface area contributed by atoms with Crippen LogP contribution in [0.4, 0.5) is 23.1 Å². The van der Waals surface area contributed by atoms with E-state index in [1.165, 1.54) is 19.3 Å². The Bertz CT molecular complexity index is 1260. The molecule has 228 valence electrons. The Balaban J connectivity index is 1.36. The molecule has 2 amide bonds. The number of aromatic nitrogens is 2. The number of nitrogens with zero attached hydrogens (tertiary/aromatic N) is 5. The molecule has 11 heteroatoms. The van der Waals surface area contributed by atoms with Crippen LogP contribution in [0.1, 0.15) is 69.2 Å². The number of hydrogen-bond acceptors (Lipinski definition) is 9. The number of rotatable bonds is 11. The number of carbonyl (C=O) groups is 2. The average Bonchev–Trinajstić information content (AvgIpc) is 2.99. The van der Waals surface area contributed by atoms with Gasteiger partial charge in [-0.2, -0.15) is 4.98 Å². The predicted molar refractivity (Wildman–Crippen MR) is 165 cm³/mol. The third-order valence-corrected chi connectivity index (χ3v) is 9.16. The van der Waals surface area contributed by atoms with Gasteiger partial charge in [0.25, 0.3) is 11.8 Å². The number of piperidine rings is 1. The summed E-state index contributed by atoms with van der Waals surface area (Å²) >= 11 is 0. The molecule has 3 N–H and O–H groups in total. The van der Waals surface area contributed by atoms with E-state index >= 15 is 0 Å². The first kappa shape index (κ1) is 30.0. The Labute approximate surface area is 249 Å². The topological polar surface area (TPSA) is 115 Å². The van der Waals surface area contributed by atoms with Crippen molar-refractivity contribution in [2.75, 3.05) is 56.1 Å². The van der Waals surface area contributed by atoms with E-state index in [-0.39, 0.29) is 23.9 Å². The van der Waals surface area contributed by atoms with Crippen molar-refractivity contribution in [2.45, 2.75) is 70.9 Å². The molecule has 2 atom stereocenters. The zero-order chi connectivity index (χ0) is 29.8. The number of nitrogens with one attached hydrogen (secondary N) is 3. The van der Waals surface area contributed by atoms with E-state index in [2.05, 4.69) is 32.9 Å². The lowest BCUT2D eigenvalue weighted by atomic mass is 9.85. The van der Waals surface area contributed by atoms with Gasteiger partial charge in [-0.05, 0) is 81.6 Å². The Morgan fingerprint density at radius 2 is 1.98 bits per heavy atom. The lowest BCUT2D eigenvalue weighted by molar-refractivity contribution is -0.121. The van der Waals surface area contributed by atoms with Crippen LogP contribution in [0.15, 0.2) is 24.4 Å². The van der Waals surface area contributed by atoms with E-state index in [1.807, 2.05) is 25.0 Å². The van der Waals surface area contributed by atoms with E-state index in [9.17, 15) is 9.59 Å². The molecule has 2 aromatic rings. The summed E-state index contributed by atoms with van der Waals surface area (Å²) < 4.78 is 5.68. The number of hydrogen-bond donors (Lipinski definition) is 3. The summed E-state index contributed by atoms with van der Waals surface area (Å²) in [4.78, 5) is 37.6. The van der Waals surface area contributed by atoms with Crippen LogP contribution >= 0.6 is 0 Å². The second kappa shape index (κ2) is 13.2. The van der Waals surface area contributed by atoms with Crippen molar-refractivity contribution in [1.82, 2.24) is 25.6 Å². The number of fused-ring (bicyclic) bond motifs is 1. The van der Waals surface area contributed by atoms with Crippen molar-refractivity contribution in [3.05, 3.63) is 30.0 Å². The molecule has 0 spiro atoms. The van der Waals surface area contributed by atoms with E-state index in [0.717, 1.165) is 38.9 Å². The van der Waals surface area contributed by atoms with E-state index in [4.69, 9.17) is 9.72 Å². The van der Waals surface area contributed by atoms with E-state index in [0.29, 0.717) is 52.7 Å². The molecule has 0 bridgehead atoms. The molecule has 3 heterocycles. The van der Waals surface area contributed by atoms with Gasteiger partial charge in [0.2, 0.25) is 5.95 Å². The molecule has 11 nitrogen and oxygen atoms in total. The predicted octanol–water partition coefficient (Wildman–Crippen LogP) is 3.95. The summed E-state index contributed by atoms with van der Waals surface area (Å²) in [6.07, 6.45) is 9.11. The number of hydrazine groups is 1. The van der Waals surface area contributed by atoms with Crippen LogP contribution in [0.3, 0.4) is 0 Å². The third kappa shape index (κ3) is 6.17. The highest BCUT2D eigenvalue weighted by molar-refractivity contribution is 6.04. The second-order valence-electron chi connectivity index (χ2n) is 11.8. The molecular formula is C31H46N8O3. The minimum absolute atomic E-state index is 0.0377. The number of ether oxygens (including phenoxy) is 1. The largest absolute Gasteiger partial charge is 0.495 e. The monoisotopic (exact) mass is 578 g/mol. The quantitative estimate of drug-likeness (QED) is 0.365.